The summed E-state index contributed by atoms with van der Waals surface area (Å²) in [4.78, 5) is 36.2. The molecule has 4 rings (SSSR count). The summed E-state index contributed by atoms with van der Waals surface area (Å²) in [5, 5.41) is 9.25. The van der Waals surface area contributed by atoms with Crippen LogP contribution >= 0.6 is 23.2 Å². The lowest BCUT2D eigenvalue weighted by Gasteiger charge is -2.44. The van der Waals surface area contributed by atoms with E-state index in [2.05, 4.69) is 43.6 Å². The van der Waals surface area contributed by atoms with Gasteiger partial charge < -0.3 is 26.4 Å². The van der Waals surface area contributed by atoms with Crippen LogP contribution in [0.25, 0.3) is 0 Å². The zero-order valence-corrected chi connectivity index (χ0v) is 25.5. The van der Waals surface area contributed by atoms with E-state index in [1.54, 1.807) is 37.3 Å². The highest BCUT2D eigenvalue weighted by Crippen LogP contribution is 2.45. The minimum absolute atomic E-state index is 0.0452. The Morgan fingerprint density at radius 3 is 2.44 bits per heavy atom. The zero-order valence-electron chi connectivity index (χ0n) is 24.0. The first-order valence-electron chi connectivity index (χ1n) is 13.5. The summed E-state index contributed by atoms with van der Waals surface area (Å²) in [7, 11) is 0. The molecular formula is C30H39Cl2FN4O4. The number of anilines is 1. The number of esters is 1. The lowest BCUT2D eigenvalue weighted by Crippen LogP contribution is -2.58. The lowest BCUT2D eigenvalue weighted by molar-refractivity contribution is -0.167. The Kier molecular flexibility index (Phi) is 10.8. The molecule has 8 nitrogen and oxygen atoms in total. The van der Waals surface area contributed by atoms with E-state index in [9.17, 15) is 14.4 Å². The normalized spacial score (nSPS) is 25.3. The Labute approximate surface area is 250 Å². The quantitative estimate of drug-likeness (QED) is 0.243. The number of carbonyl (C=O) groups excluding carboxylic acids is 3. The molecule has 11 heteroatoms. The monoisotopic (exact) mass is 608 g/mol. The first-order valence-corrected chi connectivity index (χ1v) is 14.3. The van der Waals surface area contributed by atoms with Gasteiger partial charge in [-0.05, 0) is 41.7 Å². The number of amides is 2. The van der Waals surface area contributed by atoms with Crippen molar-refractivity contribution in [1.29, 1.82) is 0 Å². The van der Waals surface area contributed by atoms with Crippen LogP contribution in [-0.4, -0.2) is 49.1 Å². The molecule has 0 spiro atoms. The maximum absolute atomic E-state index is 15.2. The SMILES string of the molecule is CC(C)(C)C.CC1(OC(=O)CN)CC(NC(=O)[C@@H]2NCC(c3ccc(Cl)cc3NC=O)C2c2cccc(Cl)c2F)C1. The molecule has 2 amide bonds. The third-order valence-electron chi connectivity index (χ3n) is 6.83. The summed E-state index contributed by atoms with van der Waals surface area (Å²) < 4.78 is 20.6. The Bertz CT molecular complexity index is 1260. The smallest absolute Gasteiger partial charge is 0.320 e. The maximum atomic E-state index is 15.2. The zero-order chi connectivity index (χ0) is 30.5. The third-order valence-corrected chi connectivity index (χ3v) is 7.36. The van der Waals surface area contributed by atoms with E-state index < -0.39 is 29.3 Å². The Morgan fingerprint density at radius 2 is 1.83 bits per heavy atom. The molecule has 0 radical (unpaired) electrons. The molecule has 2 aliphatic rings. The fourth-order valence-electron chi connectivity index (χ4n) is 5.29. The Morgan fingerprint density at radius 1 is 1.17 bits per heavy atom. The van der Waals surface area contributed by atoms with E-state index in [-0.39, 0.29) is 29.4 Å². The van der Waals surface area contributed by atoms with E-state index in [0.29, 0.717) is 53.0 Å². The molecule has 41 heavy (non-hydrogen) atoms. The van der Waals surface area contributed by atoms with Gasteiger partial charge in [0.2, 0.25) is 12.3 Å². The second kappa shape index (κ2) is 13.5. The summed E-state index contributed by atoms with van der Waals surface area (Å²) >= 11 is 12.2. The van der Waals surface area contributed by atoms with Crippen molar-refractivity contribution < 1.29 is 23.5 Å². The molecule has 1 saturated carbocycles. The summed E-state index contributed by atoms with van der Waals surface area (Å²) in [6, 6.07) is 8.78. The van der Waals surface area contributed by atoms with Crippen molar-refractivity contribution in [3.63, 3.8) is 0 Å². The van der Waals surface area contributed by atoms with Crippen LogP contribution in [0.2, 0.25) is 10.0 Å². The van der Waals surface area contributed by atoms with Gasteiger partial charge in [-0.1, -0.05) is 69.1 Å². The second-order valence-corrected chi connectivity index (χ2v) is 13.2. The number of hydrogen-bond acceptors (Lipinski definition) is 6. The average molecular weight is 610 g/mol. The molecule has 2 fully saturated rings. The fraction of sp³-hybridized carbons (Fsp3) is 0.500. The van der Waals surface area contributed by atoms with Crippen molar-refractivity contribution in [3.8, 4) is 0 Å². The molecule has 1 heterocycles. The highest BCUT2D eigenvalue weighted by atomic mass is 35.5. The van der Waals surface area contributed by atoms with E-state index in [4.69, 9.17) is 33.7 Å². The summed E-state index contributed by atoms with van der Waals surface area (Å²) in [6.07, 6.45) is 1.44. The van der Waals surface area contributed by atoms with Gasteiger partial charge >= 0.3 is 5.97 Å². The van der Waals surface area contributed by atoms with Crippen LogP contribution in [0.1, 0.15) is 70.4 Å². The predicted octanol–water partition coefficient (Wildman–Crippen LogP) is 5.13. The third kappa shape index (κ3) is 8.64. The van der Waals surface area contributed by atoms with Crippen molar-refractivity contribution in [2.75, 3.05) is 18.4 Å². The number of ether oxygens (including phenoxy) is 1. The summed E-state index contributed by atoms with van der Waals surface area (Å²) in [6.45, 7) is 10.7. The van der Waals surface area contributed by atoms with Crippen LogP contribution in [-0.2, 0) is 19.1 Å². The molecule has 2 aromatic rings. The van der Waals surface area contributed by atoms with Crippen LogP contribution in [0.3, 0.4) is 0 Å². The molecule has 2 unspecified atom stereocenters. The first kappa shape index (κ1) is 32.8. The van der Waals surface area contributed by atoms with E-state index in [1.807, 2.05) is 0 Å². The molecule has 0 bridgehead atoms. The lowest BCUT2D eigenvalue weighted by atomic mass is 9.76. The Balaban J connectivity index is 0.000000850. The van der Waals surface area contributed by atoms with Crippen molar-refractivity contribution in [2.45, 2.75) is 77.0 Å². The van der Waals surface area contributed by atoms with Gasteiger partial charge in [-0.25, -0.2) is 4.39 Å². The van der Waals surface area contributed by atoms with Gasteiger partial charge in [-0.2, -0.15) is 0 Å². The number of hydrogen-bond donors (Lipinski definition) is 4. The van der Waals surface area contributed by atoms with Crippen LogP contribution in [0.15, 0.2) is 36.4 Å². The maximum Gasteiger partial charge on any atom is 0.320 e. The molecule has 1 aliphatic carbocycles. The fourth-order valence-corrected chi connectivity index (χ4v) is 5.64. The number of nitrogens with one attached hydrogen (secondary N) is 3. The number of benzene rings is 2. The van der Waals surface area contributed by atoms with Crippen molar-refractivity contribution >= 4 is 47.2 Å². The van der Waals surface area contributed by atoms with Crippen molar-refractivity contribution in [3.05, 3.63) is 63.4 Å². The number of rotatable bonds is 8. The van der Waals surface area contributed by atoms with Crippen molar-refractivity contribution in [1.82, 2.24) is 10.6 Å². The van der Waals surface area contributed by atoms with Gasteiger partial charge in [-0.3, -0.25) is 14.4 Å². The van der Waals surface area contributed by atoms with Gasteiger partial charge in [0.1, 0.15) is 11.4 Å². The Hall–Kier alpha value is -2.72. The van der Waals surface area contributed by atoms with Gasteiger partial charge in [0, 0.05) is 48.0 Å². The van der Waals surface area contributed by atoms with Crippen LogP contribution in [0.4, 0.5) is 10.1 Å². The first-order chi connectivity index (χ1) is 19.2. The van der Waals surface area contributed by atoms with Crippen molar-refractivity contribution in [2.24, 2.45) is 11.1 Å². The molecular weight excluding hydrogens is 570 g/mol. The molecule has 1 aliphatic heterocycles. The molecule has 1 saturated heterocycles. The summed E-state index contributed by atoms with van der Waals surface area (Å²) in [5.74, 6) is -2.40. The number of nitrogens with two attached hydrogens (primary N) is 1. The highest BCUT2D eigenvalue weighted by Gasteiger charge is 2.48. The predicted molar refractivity (Wildman–Crippen MR) is 160 cm³/mol. The molecule has 224 valence electrons. The van der Waals surface area contributed by atoms with Gasteiger partial charge in [0.05, 0.1) is 17.6 Å². The van der Waals surface area contributed by atoms with Gasteiger partial charge in [0.15, 0.2) is 0 Å². The van der Waals surface area contributed by atoms with Gasteiger partial charge in [-0.15, -0.1) is 0 Å². The van der Waals surface area contributed by atoms with Crippen LogP contribution < -0.4 is 21.7 Å². The van der Waals surface area contributed by atoms with Gasteiger partial charge in [0.25, 0.3) is 0 Å². The highest BCUT2D eigenvalue weighted by molar-refractivity contribution is 6.31. The standard InChI is InChI=1S/C25H27Cl2FN4O4.C5H12/c1-25(36-20(34)10-29)8-14(9-25)32-24(35)23-21(16-3-2-4-18(27)22(16)28)17(11-30-23)15-6-5-13(26)7-19(15)31-12-33;1-5(2,3)4/h2-7,12,14,17,21,23,30H,8-11,29H2,1H3,(H,31,33)(H,32,35);1-4H3/t14?,17?,21?,23-,25?;/m1./s1. The minimum atomic E-state index is -0.777. The number of carbonyl (C=O) groups is 3. The van der Waals surface area contributed by atoms with Crippen LogP contribution in [0.5, 0.6) is 0 Å². The average Bonchev–Trinajstić information content (AvgIpc) is 3.28. The molecule has 5 N–H and O–H groups in total. The van der Waals surface area contributed by atoms with Crippen LogP contribution in [0, 0.1) is 11.2 Å². The number of halogens is 3. The van der Waals surface area contributed by atoms with E-state index in [0.717, 1.165) is 0 Å². The largest absolute Gasteiger partial charge is 0.458 e. The van der Waals surface area contributed by atoms with E-state index >= 15 is 4.39 Å². The second-order valence-electron chi connectivity index (χ2n) is 12.4. The molecule has 3 atom stereocenters. The summed E-state index contributed by atoms with van der Waals surface area (Å²) in [5.41, 5.74) is 6.63. The van der Waals surface area contributed by atoms with E-state index in [1.165, 1.54) is 6.07 Å². The molecule has 0 aromatic heterocycles. The minimum Gasteiger partial charge on any atom is -0.458 e. The molecule has 2 aromatic carbocycles. The topological polar surface area (TPSA) is 123 Å².